The Bertz CT molecular complexity index is 1020. The lowest BCUT2D eigenvalue weighted by atomic mass is 10.1. The first-order valence-corrected chi connectivity index (χ1v) is 12.2. The van der Waals surface area contributed by atoms with Crippen molar-refractivity contribution in [3.05, 3.63) is 64.2 Å². The van der Waals surface area contributed by atoms with Crippen LogP contribution in [-0.4, -0.2) is 62.5 Å². The third kappa shape index (κ3) is 5.33. The van der Waals surface area contributed by atoms with E-state index in [1.807, 2.05) is 6.07 Å². The first-order chi connectivity index (χ1) is 14.2. The van der Waals surface area contributed by atoms with Crippen molar-refractivity contribution < 1.29 is 13.2 Å². The number of anilines is 1. The molecule has 30 heavy (non-hydrogen) atoms. The summed E-state index contributed by atoms with van der Waals surface area (Å²) in [6, 6.07) is 13.3. The van der Waals surface area contributed by atoms with Gasteiger partial charge in [-0.1, -0.05) is 41.9 Å². The molecule has 1 fully saturated rings. The molecule has 0 aliphatic carbocycles. The van der Waals surface area contributed by atoms with Crippen LogP contribution in [0.15, 0.2) is 42.5 Å². The van der Waals surface area contributed by atoms with Crippen LogP contribution in [0.2, 0.25) is 5.02 Å². The summed E-state index contributed by atoms with van der Waals surface area (Å²) < 4.78 is 25.7. The van der Waals surface area contributed by atoms with E-state index in [1.54, 1.807) is 29.2 Å². The zero-order valence-electron chi connectivity index (χ0n) is 17.6. The maximum atomic E-state index is 12.9. The topological polar surface area (TPSA) is 60.9 Å². The summed E-state index contributed by atoms with van der Waals surface area (Å²) in [5.41, 5.74) is 4.37. The van der Waals surface area contributed by atoms with Gasteiger partial charge in [0.1, 0.15) is 0 Å². The van der Waals surface area contributed by atoms with Gasteiger partial charge < -0.3 is 9.80 Å². The summed E-state index contributed by atoms with van der Waals surface area (Å²) in [6.07, 6.45) is 1.12. The van der Waals surface area contributed by atoms with Crippen molar-refractivity contribution in [2.24, 2.45) is 0 Å². The molecule has 1 saturated heterocycles. The van der Waals surface area contributed by atoms with Gasteiger partial charge in [0.25, 0.3) is 0 Å². The van der Waals surface area contributed by atoms with Gasteiger partial charge in [-0.25, -0.2) is 8.42 Å². The number of hydrogen-bond donors (Lipinski definition) is 0. The summed E-state index contributed by atoms with van der Waals surface area (Å²) in [5.74, 6) is -0.187. The molecule has 3 rings (SSSR count). The second-order valence-electron chi connectivity index (χ2n) is 7.71. The van der Waals surface area contributed by atoms with Crippen molar-refractivity contribution in [2.45, 2.75) is 20.4 Å². The number of sulfonamides is 1. The fourth-order valence-corrected chi connectivity index (χ4v) is 4.55. The highest BCUT2D eigenvalue weighted by molar-refractivity contribution is 7.88. The van der Waals surface area contributed by atoms with E-state index in [2.05, 4.69) is 30.9 Å². The molecule has 1 aliphatic heterocycles. The number of aryl methyl sites for hydroxylation is 1. The first kappa shape index (κ1) is 22.6. The normalized spacial score (nSPS) is 15.0. The molecule has 8 heteroatoms. The largest absolute Gasteiger partial charge is 0.368 e. The van der Waals surface area contributed by atoms with Crippen LogP contribution in [0.1, 0.15) is 16.7 Å². The standard InChI is InChI=1S/C22H28ClN3O3S/c1-17-7-6-10-21(18(17)2)24-11-13-25(14-12-24)22(27)16-26(30(3,28)29)15-19-8-4-5-9-20(19)23/h4-10H,11-16H2,1-3H3. The molecular weight excluding hydrogens is 422 g/mol. The SMILES string of the molecule is Cc1cccc(N2CCN(C(=O)CN(Cc3ccccc3Cl)S(C)(=O)=O)CC2)c1C. The van der Waals surface area contributed by atoms with E-state index in [9.17, 15) is 13.2 Å². The Hall–Kier alpha value is -2.09. The molecule has 1 heterocycles. The van der Waals surface area contributed by atoms with E-state index in [-0.39, 0.29) is 19.0 Å². The zero-order valence-corrected chi connectivity index (χ0v) is 19.2. The maximum Gasteiger partial charge on any atom is 0.238 e. The third-order valence-corrected chi connectivity index (χ3v) is 7.20. The Morgan fingerprint density at radius 1 is 1.03 bits per heavy atom. The van der Waals surface area contributed by atoms with Crippen LogP contribution in [0, 0.1) is 13.8 Å². The minimum atomic E-state index is -3.56. The Morgan fingerprint density at radius 2 is 1.70 bits per heavy atom. The van der Waals surface area contributed by atoms with E-state index in [4.69, 9.17) is 11.6 Å². The fourth-order valence-electron chi connectivity index (χ4n) is 3.63. The molecule has 162 valence electrons. The van der Waals surface area contributed by atoms with E-state index in [1.165, 1.54) is 21.1 Å². The minimum absolute atomic E-state index is 0.0761. The van der Waals surface area contributed by atoms with Crippen LogP contribution in [0.4, 0.5) is 5.69 Å². The Morgan fingerprint density at radius 3 is 2.33 bits per heavy atom. The van der Waals surface area contributed by atoms with Gasteiger partial charge in [0.15, 0.2) is 0 Å². The Balaban J connectivity index is 1.64. The highest BCUT2D eigenvalue weighted by Gasteiger charge is 2.27. The van der Waals surface area contributed by atoms with Crippen molar-refractivity contribution in [3.63, 3.8) is 0 Å². The lowest BCUT2D eigenvalue weighted by Crippen LogP contribution is -2.51. The number of piperazine rings is 1. The second-order valence-corrected chi connectivity index (χ2v) is 10.1. The third-order valence-electron chi connectivity index (χ3n) is 5.63. The van der Waals surface area contributed by atoms with Gasteiger partial charge in [-0.05, 0) is 42.7 Å². The average molecular weight is 450 g/mol. The summed E-state index contributed by atoms with van der Waals surface area (Å²) in [6.45, 7) is 6.67. The predicted molar refractivity (Wildman–Crippen MR) is 121 cm³/mol. The molecule has 1 aliphatic rings. The van der Waals surface area contributed by atoms with E-state index < -0.39 is 10.0 Å². The summed E-state index contributed by atoms with van der Waals surface area (Å²) in [5, 5.41) is 0.487. The van der Waals surface area contributed by atoms with Gasteiger partial charge in [0.2, 0.25) is 15.9 Å². The molecule has 1 amide bonds. The number of rotatable bonds is 6. The summed E-state index contributed by atoms with van der Waals surface area (Å²) in [4.78, 5) is 16.9. The van der Waals surface area contributed by atoms with Crippen molar-refractivity contribution in [3.8, 4) is 0 Å². The monoisotopic (exact) mass is 449 g/mol. The number of carbonyl (C=O) groups excluding carboxylic acids is 1. The molecule has 6 nitrogen and oxygen atoms in total. The maximum absolute atomic E-state index is 12.9. The van der Waals surface area contributed by atoms with Crippen LogP contribution in [0.25, 0.3) is 0 Å². The number of hydrogen-bond acceptors (Lipinski definition) is 4. The fraction of sp³-hybridized carbons (Fsp3) is 0.409. The molecule has 0 aromatic heterocycles. The Kier molecular flexibility index (Phi) is 7.06. The van der Waals surface area contributed by atoms with Crippen LogP contribution >= 0.6 is 11.6 Å². The number of amides is 1. The summed E-state index contributed by atoms with van der Waals surface area (Å²) >= 11 is 6.18. The quantitative estimate of drug-likeness (QED) is 0.680. The van der Waals surface area contributed by atoms with Crippen LogP contribution in [0.5, 0.6) is 0 Å². The molecule has 0 radical (unpaired) electrons. The second kappa shape index (κ2) is 9.37. The molecule has 0 unspecified atom stereocenters. The van der Waals surface area contributed by atoms with E-state index in [0.717, 1.165) is 19.3 Å². The smallest absolute Gasteiger partial charge is 0.238 e. The van der Waals surface area contributed by atoms with Gasteiger partial charge in [-0.3, -0.25) is 4.79 Å². The van der Waals surface area contributed by atoms with Crippen molar-refractivity contribution in [2.75, 3.05) is 43.9 Å². The average Bonchev–Trinajstić information content (AvgIpc) is 2.70. The highest BCUT2D eigenvalue weighted by atomic mass is 35.5. The number of carbonyl (C=O) groups is 1. The van der Waals surface area contributed by atoms with Crippen molar-refractivity contribution >= 4 is 33.2 Å². The molecule has 0 bridgehead atoms. The van der Waals surface area contributed by atoms with Crippen LogP contribution in [-0.2, 0) is 21.4 Å². The van der Waals surface area contributed by atoms with E-state index in [0.29, 0.717) is 23.7 Å². The number of benzene rings is 2. The molecule has 2 aromatic carbocycles. The van der Waals surface area contributed by atoms with Gasteiger partial charge in [0.05, 0.1) is 12.8 Å². The molecule has 0 saturated carbocycles. The number of nitrogens with zero attached hydrogens (tertiary/aromatic N) is 3. The van der Waals surface area contributed by atoms with Crippen LogP contribution < -0.4 is 4.90 Å². The highest BCUT2D eigenvalue weighted by Crippen LogP contribution is 2.24. The molecule has 0 atom stereocenters. The lowest BCUT2D eigenvalue weighted by molar-refractivity contribution is -0.131. The zero-order chi connectivity index (χ0) is 21.9. The molecular formula is C22H28ClN3O3S. The number of halogens is 1. The van der Waals surface area contributed by atoms with Gasteiger partial charge in [-0.2, -0.15) is 4.31 Å². The van der Waals surface area contributed by atoms with Gasteiger partial charge in [0, 0.05) is 43.4 Å². The van der Waals surface area contributed by atoms with E-state index >= 15 is 0 Å². The van der Waals surface area contributed by atoms with Crippen molar-refractivity contribution in [1.82, 2.24) is 9.21 Å². The Labute approximate surface area is 184 Å². The first-order valence-electron chi connectivity index (χ1n) is 9.94. The predicted octanol–water partition coefficient (Wildman–Crippen LogP) is 3.07. The molecule has 0 N–H and O–H groups in total. The van der Waals surface area contributed by atoms with Crippen molar-refractivity contribution in [1.29, 1.82) is 0 Å². The lowest BCUT2D eigenvalue weighted by Gasteiger charge is -2.37. The summed E-state index contributed by atoms with van der Waals surface area (Å²) in [7, 11) is -3.56. The molecule has 2 aromatic rings. The minimum Gasteiger partial charge on any atom is -0.368 e. The van der Waals surface area contributed by atoms with Crippen LogP contribution in [0.3, 0.4) is 0 Å². The van der Waals surface area contributed by atoms with Gasteiger partial charge >= 0.3 is 0 Å². The van der Waals surface area contributed by atoms with Gasteiger partial charge in [-0.15, -0.1) is 0 Å². The molecule has 0 spiro atoms.